The fourth-order valence-corrected chi connectivity index (χ4v) is 1.42. The quantitative estimate of drug-likeness (QED) is 0.682. The van der Waals surface area contributed by atoms with E-state index in [4.69, 9.17) is 11.6 Å². The van der Waals surface area contributed by atoms with E-state index in [0.717, 1.165) is 11.4 Å². The predicted octanol–water partition coefficient (Wildman–Crippen LogP) is 2.97. The standard InChI is InChI=1S/C10H14ClN/c1-4-8-5-6-9(11)7-10(8)12(2)3/h5-7H,4H2,1-3H3. The second-order valence-electron chi connectivity index (χ2n) is 3.02. The molecule has 0 aliphatic carbocycles. The van der Waals surface area contributed by atoms with Crippen molar-refractivity contribution in [3.8, 4) is 0 Å². The third kappa shape index (κ3) is 1.92. The van der Waals surface area contributed by atoms with Gasteiger partial charge in [0.05, 0.1) is 0 Å². The first kappa shape index (κ1) is 9.40. The van der Waals surface area contributed by atoms with Gasteiger partial charge in [0, 0.05) is 24.8 Å². The van der Waals surface area contributed by atoms with Crippen LogP contribution in [0, 0.1) is 0 Å². The average molecular weight is 184 g/mol. The minimum atomic E-state index is 0.802. The normalized spacial score (nSPS) is 10.0. The van der Waals surface area contributed by atoms with Crippen LogP contribution >= 0.6 is 11.6 Å². The van der Waals surface area contributed by atoms with Crippen molar-refractivity contribution in [2.24, 2.45) is 0 Å². The SMILES string of the molecule is CCc1ccc(Cl)cc1N(C)C. The van der Waals surface area contributed by atoms with Gasteiger partial charge in [-0.3, -0.25) is 0 Å². The van der Waals surface area contributed by atoms with Gasteiger partial charge in [0.25, 0.3) is 0 Å². The predicted molar refractivity (Wildman–Crippen MR) is 55.2 cm³/mol. The highest BCUT2D eigenvalue weighted by molar-refractivity contribution is 6.30. The van der Waals surface area contributed by atoms with E-state index in [2.05, 4.69) is 17.9 Å². The Kier molecular flexibility index (Phi) is 2.99. The van der Waals surface area contributed by atoms with Crippen LogP contribution < -0.4 is 4.90 Å². The van der Waals surface area contributed by atoms with E-state index in [1.54, 1.807) is 0 Å². The first-order chi connectivity index (χ1) is 5.65. The molecule has 0 aliphatic heterocycles. The molecular formula is C10H14ClN. The maximum Gasteiger partial charge on any atom is 0.0426 e. The van der Waals surface area contributed by atoms with E-state index in [9.17, 15) is 0 Å². The smallest absolute Gasteiger partial charge is 0.0426 e. The minimum Gasteiger partial charge on any atom is -0.377 e. The number of halogens is 1. The first-order valence-corrected chi connectivity index (χ1v) is 4.48. The van der Waals surface area contributed by atoms with Gasteiger partial charge in [0.2, 0.25) is 0 Å². The van der Waals surface area contributed by atoms with Crippen LogP contribution in [-0.2, 0) is 6.42 Å². The number of aryl methyl sites for hydroxylation is 1. The molecular weight excluding hydrogens is 170 g/mol. The van der Waals surface area contributed by atoms with E-state index in [-0.39, 0.29) is 0 Å². The molecule has 2 heteroatoms. The van der Waals surface area contributed by atoms with Gasteiger partial charge in [-0.2, -0.15) is 0 Å². The molecule has 0 aliphatic rings. The minimum absolute atomic E-state index is 0.802. The number of nitrogens with zero attached hydrogens (tertiary/aromatic N) is 1. The molecule has 66 valence electrons. The summed E-state index contributed by atoms with van der Waals surface area (Å²) in [7, 11) is 4.07. The molecule has 0 spiro atoms. The summed E-state index contributed by atoms with van der Waals surface area (Å²) in [5, 5.41) is 0.802. The summed E-state index contributed by atoms with van der Waals surface area (Å²) in [4.78, 5) is 2.09. The Labute approximate surface area is 79.0 Å². The molecule has 0 fully saturated rings. The summed E-state index contributed by atoms with van der Waals surface area (Å²) >= 11 is 5.89. The van der Waals surface area contributed by atoms with Crippen molar-refractivity contribution >= 4 is 17.3 Å². The van der Waals surface area contributed by atoms with Gasteiger partial charge < -0.3 is 4.90 Å². The summed E-state index contributed by atoms with van der Waals surface area (Å²) in [6, 6.07) is 6.02. The fraction of sp³-hybridized carbons (Fsp3) is 0.400. The first-order valence-electron chi connectivity index (χ1n) is 4.11. The average Bonchev–Trinajstić information content (AvgIpc) is 2.04. The van der Waals surface area contributed by atoms with Crippen LogP contribution in [0.4, 0.5) is 5.69 Å². The molecule has 0 radical (unpaired) electrons. The van der Waals surface area contributed by atoms with E-state index in [1.807, 2.05) is 26.2 Å². The van der Waals surface area contributed by atoms with E-state index in [0.29, 0.717) is 0 Å². The van der Waals surface area contributed by atoms with Crippen LogP contribution in [-0.4, -0.2) is 14.1 Å². The van der Waals surface area contributed by atoms with Crippen molar-refractivity contribution in [1.29, 1.82) is 0 Å². The number of hydrogen-bond donors (Lipinski definition) is 0. The number of rotatable bonds is 2. The largest absolute Gasteiger partial charge is 0.377 e. The third-order valence-corrected chi connectivity index (χ3v) is 2.15. The zero-order valence-electron chi connectivity index (χ0n) is 7.76. The van der Waals surface area contributed by atoms with Crippen molar-refractivity contribution in [1.82, 2.24) is 0 Å². The van der Waals surface area contributed by atoms with Crippen LogP contribution in [0.5, 0.6) is 0 Å². The second kappa shape index (κ2) is 3.81. The van der Waals surface area contributed by atoms with E-state index in [1.165, 1.54) is 11.3 Å². The number of hydrogen-bond acceptors (Lipinski definition) is 1. The van der Waals surface area contributed by atoms with Crippen LogP contribution in [0.2, 0.25) is 5.02 Å². The Morgan fingerprint density at radius 3 is 2.50 bits per heavy atom. The van der Waals surface area contributed by atoms with Crippen LogP contribution in [0.25, 0.3) is 0 Å². The Morgan fingerprint density at radius 2 is 2.00 bits per heavy atom. The molecule has 0 amide bonds. The fourth-order valence-electron chi connectivity index (χ4n) is 1.25. The van der Waals surface area contributed by atoms with Gasteiger partial charge in [0.1, 0.15) is 0 Å². The molecule has 0 saturated heterocycles. The van der Waals surface area contributed by atoms with Crippen molar-refractivity contribution in [2.75, 3.05) is 19.0 Å². The summed E-state index contributed by atoms with van der Waals surface area (Å²) in [5.74, 6) is 0. The third-order valence-electron chi connectivity index (χ3n) is 1.91. The van der Waals surface area contributed by atoms with Crippen molar-refractivity contribution in [3.05, 3.63) is 28.8 Å². The molecule has 1 nitrogen and oxygen atoms in total. The van der Waals surface area contributed by atoms with Gasteiger partial charge in [0.15, 0.2) is 0 Å². The molecule has 1 aromatic rings. The monoisotopic (exact) mass is 183 g/mol. The summed E-state index contributed by atoms with van der Waals surface area (Å²) in [6.45, 7) is 2.15. The van der Waals surface area contributed by atoms with Gasteiger partial charge in [-0.15, -0.1) is 0 Å². The lowest BCUT2D eigenvalue weighted by molar-refractivity contribution is 1.06. The lowest BCUT2D eigenvalue weighted by Gasteiger charge is -2.16. The topological polar surface area (TPSA) is 3.24 Å². The van der Waals surface area contributed by atoms with Crippen LogP contribution in [0.15, 0.2) is 18.2 Å². The zero-order valence-corrected chi connectivity index (χ0v) is 8.52. The highest BCUT2D eigenvalue weighted by atomic mass is 35.5. The van der Waals surface area contributed by atoms with Gasteiger partial charge in [-0.25, -0.2) is 0 Å². The van der Waals surface area contributed by atoms with E-state index < -0.39 is 0 Å². The molecule has 0 N–H and O–H groups in total. The lowest BCUT2D eigenvalue weighted by atomic mass is 10.1. The van der Waals surface area contributed by atoms with Crippen LogP contribution in [0.1, 0.15) is 12.5 Å². The highest BCUT2D eigenvalue weighted by Crippen LogP contribution is 2.23. The van der Waals surface area contributed by atoms with Crippen molar-refractivity contribution < 1.29 is 0 Å². The Bertz CT molecular complexity index is 269. The van der Waals surface area contributed by atoms with Crippen molar-refractivity contribution in [3.63, 3.8) is 0 Å². The molecule has 1 aromatic carbocycles. The Balaban J connectivity index is 3.12. The molecule has 0 heterocycles. The maximum absolute atomic E-state index is 5.89. The van der Waals surface area contributed by atoms with Gasteiger partial charge in [-0.1, -0.05) is 24.6 Å². The maximum atomic E-state index is 5.89. The zero-order chi connectivity index (χ0) is 9.14. The molecule has 0 unspecified atom stereocenters. The Hall–Kier alpha value is -0.690. The van der Waals surface area contributed by atoms with Crippen LogP contribution in [0.3, 0.4) is 0 Å². The summed E-state index contributed by atoms with van der Waals surface area (Å²) < 4.78 is 0. The molecule has 12 heavy (non-hydrogen) atoms. The molecule has 0 aromatic heterocycles. The molecule has 0 bridgehead atoms. The Morgan fingerprint density at radius 1 is 1.33 bits per heavy atom. The van der Waals surface area contributed by atoms with Gasteiger partial charge in [-0.05, 0) is 24.1 Å². The number of benzene rings is 1. The van der Waals surface area contributed by atoms with Gasteiger partial charge >= 0.3 is 0 Å². The summed E-state index contributed by atoms with van der Waals surface area (Å²) in [5.41, 5.74) is 2.55. The second-order valence-corrected chi connectivity index (χ2v) is 3.46. The van der Waals surface area contributed by atoms with E-state index >= 15 is 0 Å². The molecule has 1 rings (SSSR count). The van der Waals surface area contributed by atoms with Crippen molar-refractivity contribution in [2.45, 2.75) is 13.3 Å². The molecule has 0 atom stereocenters. The lowest BCUT2D eigenvalue weighted by Crippen LogP contribution is -2.10. The highest BCUT2D eigenvalue weighted by Gasteiger charge is 2.02. The number of anilines is 1. The molecule has 0 saturated carbocycles. The summed E-state index contributed by atoms with van der Waals surface area (Å²) in [6.07, 6.45) is 1.05.